The van der Waals surface area contributed by atoms with E-state index in [0.29, 0.717) is 5.84 Å². The first-order chi connectivity index (χ1) is 13.4. The summed E-state index contributed by atoms with van der Waals surface area (Å²) < 4.78 is 0. The standard InChI is InChI=1S/C19H20N4O5/c24-17(6-5-14(18(25)26)22-16-7-8-20-16)23-15(19(27)28)9-11-10-21-13-4-2-1-3-12(11)13/h1-4,7-8,10,14-15,21H,5-6,9H2,(H,20,22)(H,23,24)(H,25,26)(H,27,28)/t14-,15-/m0/s1. The second-order valence-corrected chi connectivity index (χ2v) is 6.41. The number of carbonyl (C=O) groups excluding carboxylic acids is 1. The lowest BCUT2D eigenvalue weighted by molar-refractivity contribution is -0.142. The van der Waals surface area contributed by atoms with Gasteiger partial charge in [0.1, 0.15) is 17.9 Å². The average Bonchev–Trinajstić information content (AvgIpc) is 3.02. The molecule has 3 rings (SSSR count). The summed E-state index contributed by atoms with van der Waals surface area (Å²) in [6.07, 6.45) is 4.91. The number of carboxylic acids is 2. The number of carbonyl (C=O) groups is 3. The van der Waals surface area contributed by atoms with Gasteiger partial charge in [-0.2, -0.15) is 0 Å². The van der Waals surface area contributed by atoms with Crippen LogP contribution in [0, 0.1) is 0 Å². The molecule has 9 nitrogen and oxygen atoms in total. The molecule has 146 valence electrons. The number of amides is 1. The highest BCUT2D eigenvalue weighted by Crippen LogP contribution is 2.19. The fraction of sp³-hybridized carbons (Fsp3) is 0.263. The molecule has 0 radical (unpaired) electrons. The molecule has 1 aliphatic heterocycles. The molecule has 28 heavy (non-hydrogen) atoms. The molecule has 1 aromatic heterocycles. The van der Waals surface area contributed by atoms with Gasteiger partial charge in [-0.25, -0.2) is 9.59 Å². The molecular weight excluding hydrogens is 364 g/mol. The molecule has 2 heterocycles. The van der Waals surface area contributed by atoms with E-state index in [4.69, 9.17) is 0 Å². The van der Waals surface area contributed by atoms with Crippen molar-refractivity contribution >= 4 is 34.6 Å². The van der Waals surface area contributed by atoms with Crippen molar-refractivity contribution < 1.29 is 24.6 Å². The van der Waals surface area contributed by atoms with Crippen LogP contribution in [0.15, 0.2) is 47.7 Å². The van der Waals surface area contributed by atoms with E-state index in [9.17, 15) is 24.6 Å². The highest BCUT2D eigenvalue weighted by atomic mass is 16.4. The molecule has 1 aromatic carbocycles. The second kappa shape index (κ2) is 8.38. The first-order valence-corrected chi connectivity index (χ1v) is 8.75. The predicted octanol–water partition coefficient (Wildman–Crippen LogP) is 1.03. The van der Waals surface area contributed by atoms with Crippen LogP contribution in [0.2, 0.25) is 0 Å². The number of aromatic nitrogens is 1. The van der Waals surface area contributed by atoms with Gasteiger partial charge >= 0.3 is 11.9 Å². The number of aliphatic imine (C=N–C) groups is 1. The number of aromatic amines is 1. The monoisotopic (exact) mass is 384 g/mol. The van der Waals surface area contributed by atoms with Gasteiger partial charge in [-0.1, -0.05) is 18.2 Å². The Morgan fingerprint density at radius 2 is 1.89 bits per heavy atom. The summed E-state index contributed by atoms with van der Waals surface area (Å²) in [5.41, 5.74) is 1.66. The zero-order valence-corrected chi connectivity index (χ0v) is 14.9. The zero-order valence-electron chi connectivity index (χ0n) is 14.9. The number of amidine groups is 1. The number of fused-ring (bicyclic) bond motifs is 1. The summed E-state index contributed by atoms with van der Waals surface area (Å²) in [5.74, 6) is -2.39. The highest BCUT2D eigenvalue weighted by Gasteiger charge is 2.24. The summed E-state index contributed by atoms with van der Waals surface area (Å²) in [5, 5.41) is 24.8. The minimum Gasteiger partial charge on any atom is -0.480 e. The minimum absolute atomic E-state index is 0.0282. The molecule has 0 spiro atoms. The molecule has 0 saturated heterocycles. The van der Waals surface area contributed by atoms with Gasteiger partial charge < -0.3 is 25.8 Å². The second-order valence-electron chi connectivity index (χ2n) is 6.41. The highest BCUT2D eigenvalue weighted by molar-refractivity contribution is 6.00. The molecule has 5 N–H and O–H groups in total. The van der Waals surface area contributed by atoms with Crippen LogP contribution in [0.5, 0.6) is 0 Å². The van der Waals surface area contributed by atoms with Crippen LogP contribution in [0.1, 0.15) is 18.4 Å². The van der Waals surface area contributed by atoms with E-state index >= 15 is 0 Å². The quantitative estimate of drug-likeness (QED) is 0.437. The fourth-order valence-electron chi connectivity index (χ4n) is 2.90. The van der Waals surface area contributed by atoms with E-state index in [-0.39, 0.29) is 19.3 Å². The largest absolute Gasteiger partial charge is 0.480 e. The van der Waals surface area contributed by atoms with Gasteiger partial charge in [-0.3, -0.25) is 9.79 Å². The van der Waals surface area contributed by atoms with E-state index in [1.165, 1.54) is 0 Å². The van der Waals surface area contributed by atoms with Crippen LogP contribution in [0.4, 0.5) is 0 Å². The van der Waals surface area contributed by atoms with E-state index in [1.54, 1.807) is 18.5 Å². The molecule has 0 bridgehead atoms. The maximum atomic E-state index is 12.2. The molecule has 0 unspecified atom stereocenters. The van der Waals surface area contributed by atoms with Crippen molar-refractivity contribution in [2.75, 3.05) is 0 Å². The number of aliphatic carboxylic acids is 2. The van der Waals surface area contributed by atoms with Crippen molar-refractivity contribution in [3.63, 3.8) is 0 Å². The number of hydrogen-bond donors (Lipinski definition) is 5. The number of nitrogens with zero attached hydrogens (tertiary/aromatic N) is 1. The summed E-state index contributed by atoms with van der Waals surface area (Å²) in [4.78, 5) is 42.1. The molecular formula is C19H20N4O5. The molecule has 0 fully saturated rings. The SMILES string of the molecule is O=C(CC[C@H](N=C1C=CN1)C(=O)O)N[C@@H](Cc1c[nH]c2ccccc12)C(=O)O. The Morgan fingerprint density at radius 3 is 2.54 bits per heavy atom. The van der Waals surface area contributed by atoms with E-state index in [0.717, 1.165) is 16.5 Å². The van der Waals surface area contributed by atoms with E-state index in [1.807, 2.05) is 24.3 Å². The van der Waals surface area contributed by atoms with Gasteiger partial charge in [0.25, 0.3) is 0 Å². The Labute approximate surface area is 160 Å². The van der Waals surface area contributed by atoms with Crippen LogP contribution in [0.25, 0.3) is 10.9 Å². The van der Waals surface area contributed by atoms with E-state index < -0.39 is 29.9 Å². The Kier molecular flexibility index (Phi) is 5.73. The maximum absolute atomic E-state index is 12.2. The van der Waals surface area contributed by atoms with Crippen LogP contribution < -0.4 is 10.6 Å². The van der Waals surface area contributed by atoms with Crippen LogP contribution in [0.3, 0.4) is 0 Å². The molecule has 1 amide bonds. The lowest BCUT2D eigenvalue weighted by atomic mass is 10.0. The third kappa shape index (κ3) is 4.56. The van der Waals surface area contributed by atoms with Gasteiger partial charge in [0.2, 0.25) is 5.91 Å². The Balaban J connectivity index is 1.60. The summed E-state index contributed by atoms with van der Waals surface area (Å²) in [6, 6.07) is 5.30. The van der Waals surface area contributed by atoms with Gasteiger partial charge in [0.05, 0.1) is 0 Å². The molecule has 9 heteroatoms. The van der Waals surface area contributed by atoms with Gasteiger partial charge in [0, 0.05) is 36.1 Å². The Morgan fingerprint density at radius 1 is 1.14 bits per heavy atom. The van der Waals surface area contributed by atoms with Crippen molar-refractivity contribution in [2.24, 2.45) is 4.99 Å². The molecule has 0 aliphatic carbocycles. The van der Waals surface area contributed by atoms with E-state index in [2.05, 4.69) is 20.6 Å². The number of para-hydroxylation sites is 1. The third-order valence-electron chi connectivity index (χ3n) is 4.43. The number of rotatable bonds is 9. The summed E-state index contributed by atoms with van der Waals surface area (Å²) >= 11 is 0. The number of hydrogen-bond acceptors (Lipinski definition) is 4. The summed E-state index contributed by atoms with van der Waals surface area (Å²) in [6.45, 7) is 0. The summed E-state index contributed by atoms with van der Waals surface area (Å²) in [7, 11) is 0. The molecule has 0 saturated carbocycles. The van der Waals surface area contributed by atoms with Crippen molar-refractivity contribution in [1.29, 1.82) is 0 Å². The maximum Gasteiger partial charge on any atom is 0.328 e. The van der Waals surface area contributed by atoms with Crippen LogP contribution in [-0.4, -0.2) is 51.0 Å². The van der Waals surface area contributed by atoms with Crippen molar-refractivity contribution in [2.45, 2.75) is 31.3 Å². The molecule has 2 aromatic rings. The van der Waals surface area contributed by atoms with Crippen molar-refractivity contribution in [3.8, 4) is 0 Å². The first-order valence-electron chi connectivity index (χ1n) is 8.75. The van der Waals surface area contributed by atoms with Crippen molar-refractivity contribution in [1.82, 2.24) is 15.6 Å². The topological polar surface area (TPSA) is 144 Å². The average molecular weight is 384 g/mol. The normalized spacial score (nSPS) is 16.2. The predicted molar refractivity (Wildman–Crippen MR) is 102 cm³/mol. The van der Waals surface area contributed by atoms with Gasteiger partial charge in [-0.15, -0.1) is 0 Å². The zero-order chi connectivity index (χ0) is 20.1. The Hall–Kier alpha value is -3.62. The smallest absolute Gasteiger partial charge is 0.328 e. The Bertz CT molecular complexity index is 962. The van der Waals surface area contributed by atoms with Crippen molar-refractivity contribution in [3.05, 3.63) is 48.3 Å². The van der Waals surface area contributed by atoms with Gasteiger partial charge in [-0.05, 0) is 24.1 Å². The number of nitrogens with one attached hydrogen (secondary N) is 3. The third-order valence-corrected chi connectivity index (χ3v) is 4.43. The number of carboxylic acid groups (broad SMARTS) is 2. The molecule has 2 atom stereocenters. The van der Waals surface area contributed by atoms with Gasteiger partial charge in [0.15, 0.2) is 0 Å². The van der Waals surface area contributed by atoms with Crippen LogP contribution in [-0.2, 0) is 20.8 Å². The fourth-order valence-corrected chi connectivity index (χ4v) is 2.90. The minimum atomic E-state index is -1.16. The van der Waals surface area contributed by atoms with Crippen LogP contribution >= 0.6 is 0 Å². The number of benzene rings is 1. The molecule has 1 aliphatic rings. The lowest BCUT2D eigenvalue weighted by Gasteiger charge is -2.16. The lowest BCUT2D eigenvalue weighted by Crippen LogP contribution is -2.42. The first kappa shape index (κ1) is 19.2. The number of H-pyrrole nitrogens is 1.